The van der Waals surface area contributed by atoms with Crippen LogP contribution in [-0.4, -0.2) is 0 Å². The number of hydrogen-bond donors (Lipinski definition) is 0. The van der Waals surface area contributed by atoms with E-state index in [1.165, 1.54) is 30.4 Å². The topological polar surface area (TPSA) is 0 Å². The first-order valence-electron chi connectivity index (χ1n) is 5.72. The van der Waals surface area contributed by atoms with Gasteiger partial charge in [-0.2, -0.15) is 35.4 Å². The van der Waals surface area contributed by atoms with E-state index in [0.717, 1.165) is 0 Å². The van der Waals surface area contributed by atoms with Gasteiger partial charge in [-0.15, -0.1) is 0 Å². The summed E-state index contributed by atoms with van der Waals surface area (Å²) in [6.07, 6.45) is 3.87. The van der Waals surface area contributed by atoms with Gasteiger partial charge in [-0.05, 0) is 0 Å². The van der Waals surface area contributed by atoms with Crippen molar-refractivity contribution in [2.24, 2.45) is 0 Å². The Bertz CT molecular complexity index is 325. The van der Waals surface area contributed by atoms with Crippen molar-refractivity contribution in [3.63, 3.8) is 0 Å². The van der Waals surface area contributed by atoms with Crippen molar-refractivity contribution in [1.82, 2.24) is 0 Å². The van der Waals surface area contributed by atoms with Crippen molar-refractivity contribution in [2.45, 2.75) is 33.1 Å². The second-order valence-electron chi connectivity index (χ2n) is 3.86. The average Bonchev–Trinajstić information content (AvgIpc) is 2.88. The van der Waals surface area contributed by atoms with E-state index in [1.807, 2.05) is 12.1 Å². The van der Waals surface area contributed by atoms with Crippen LogP contribution in [0.5, 0.6) is 0 Å². The van der Waals surface area contributed by atoms with Gasteiger partial charge < -0.3 is 24.8 Å². The Morgan fingerprint density at radius 1 is 0.833 bits per heavy atom. The molecule has 2 aromatic carbocycles. The summed E-state index contributed by atoms with van der Waals surface area (Å²) >= 11 is 0. The number of unbranched alkanes of at least 4 members (excludes halogenated alkanes) is 1. The van der Waals surface area contributed by atoms with Crippen LogP contribution in [0.1, 0.15) is 30.9 Å². The van der Waals surface area contributed by atoms with E-state index < -0.39 is 0 Å². The molecule has 18 heavy (non-hydrogen) atoms. The fourth-order valence-electron chi connectivity index (χ4n) is 1.43. The molecule has 2 rings (SSSR count). The van der Waals surface area contributed by atoms with Gasteiger partial charge in [0, 0.05) is 0 Å². The zero-order valence-electron chi connectivity index (χ0n) is 11.0. The summed E-state index contributed by atoms with van der Waals surface area (Å²) in [5.74, 6) is 0. The maximum absolute atomic E-state index is 2.23. The third-order valence-electron chi connectivity index (χ3n) is 2.38. The molecular weight excluding hydrogens is 430 g/mol. The molecule has 0 aliphatic carbocycles. The van der Waals surface area contributed by atoms with E-state index in [-0.39, 0.29) is 50.7 Å². The predicted octanol–water partition coefficient (Wildman–Crippen LogP) is -1.53. The maximum Gasteiger partial charge on any atom is 4.00 e. The second-order valence-corrected chi connectivity index (χ2v) is 3.86. The first-order chi connectivity index (χ1) is 7.33. The molecule has 0 aliphatic rings. The minimum atomic E-state index is 0. The summed E-state index contributed by atoms with van der Waals surface area (Å²) in [6.45, 7) is 4.31. The third-order valence-corrected chi connectivity index (χ3v) is 2.38. The quantitative estimate of drug-likeness (QED) is 0.394. The normalized spacial score (nSPS) is 7.89. The number of rotatable bonds is 3. The van der Waals surface area contributed by atoms with Gasteiger partial charge in [-0.1, -0.05) is 33.1 Å². The van der Waals surface area contributed by atoms with Crippen LogP contribution in [0.2, 0.25) is 0 Å². The van der Waals surface area contributed by atoms with Crippen molar-refractivity contribution in [3.8, 4) is 0 Å². The van der Waals surface area contributed by atoms with Crippen LogP contribution in [0.25, 0.3) is 0 Å². The minimum Gasteiger partial charge on any atom is -1.00 e. The van der Waals surface area contributed by atoms with Crippen molar-refractivity contribution in [3.05, 3.63) is 59.7 Å². The molecule has 0 saturated heterocycles. The molecule has 0 aliphatic heterocycles. The van der Waals surface area contributed by atoms with Gasteiger partial charge in [-0.3, -0.25) is 0 Å². The van der Waals surface area contributed by atoms with Crippen LogP contribution in [0, 0.1) is 6.92 Å². The van der Waals surface area contributed by atoms with E-state index in [2.05, 4.69) is 50.2 Å². The Kier molecular flexibility index (Phi) is 19.7. The standard InChI is InChI=1S/C9H13.C6H7.2ClH.Hf/c1-2-3-6-9-7-4-5-8-9;1-6-4-2-3-5-6;;;/h4-5,7-8H,2-3,6H2,1H3;2-5H,1H3;2*1H;/q2*-1;;;+4/p-2. The summed E-state index contributed by atoms with van der Waals surface area (Å²) in [7, 11) is 0. The number of halogens is 2. The summed E-state index contributed by atoms with van der Waals surface area (Å²) in [5.41, 5.74) is 2.83. The summed E-state index contributed by atoms with van der Waals surface area (Å²) < 4.78 is 0. The molecule has 0 heterocycles. The largest absolute Gasteiger partial charge is 4.00 e. The Hall–Kier alpha value is 0.150. The van der Waals surface area contributed by atoms with Gasteiger partial charge in [0.2, 0.25) is 0 Å². The van der Waals surface area contributed by atoms with Crippen molar-refractivity contribution in [1.29, 1.82) is 0 Å². The molecule has 3 heteroatoms. The van der Waals surface area contributed by atoms with E-state index >= 15 is 0 Å². The molecule has 2 aromatic rings. The first-order valence-corrected chi connectivity index (χ1v) is 5.72. The smallest absolute Gasteiger partial charge is 1.00 e. The van der Waals surface area contributed by atoms with Gasteiger partial charge in [0.05, 0.1) is 0 Å². The monoisotopic (exact) mass is 450 g/mol. The molecule has 0 radical (unpaired) electrons. The van der Waals surface area contributed by atoms with Crippen LogP contribution in [0.4, 0.5) is 0 Å². The number of hydrogen-bond acceptors (Lipinski definition) is 0. The molecule has 0 spiro atoms. The molecule has 0 atom stereocenters. The molecule has 0 N–H and O–H groups in total. The third kappa shape index (κ3) is 11.3. The second kappa shape index (κ2) is 15.2. The van der Waals surface area contributed by atoms with Crippen molar-refractivity contribution >= 4 is 0 Å². The summed E-state index contributed by atoms with van der Waals surface area (Å²) in [5, 5.41) is 0. The van der Waals surface area contributed by atoms with Crippen molar-refractivity contribution in [2.75, 3.05) is 0 Å². The van der Waals surface area contributed by atoms with Gasteiger partial charge in [-0.25, -0.2) is 24.3 Å². The van der Waals surface area contributed by atoms with E-state index in [0.29, 0.717) is 0 Å². The fourth-order valence-corrected chi connectivity index (χ4v) is 1.43. The molecule has 0 saturated carbocycles. The maximum atomic E-state index is 2.23. The zero-order chi connectivity index (χ0) is 10.9. The van der Waals surface area contributed by atoms with Gasteiger partial charge >= 0.3 is 25.8 Å². The Morgan fingerprint density at radius 2 is 1.28 bits per heavy atom. The van der Waals surface area contributed by atoms with E-state index in [9.17, 15) is 0 Å². The van der Waals surface area contributed by atoms with Crippen molar-refractivity contribution < 1.29 is 50.7 Å². The Labute approximate surface area is 143 Å². The molecule has 0 bridgehead atoms. The molecule has 0 nitrogen and oxygen atoms in total. The number of aryl methyl sites for hydroxylation is 2. The van der Waals surface area contributed by atoms with Crippen LogP contribution >= 0.6 is 0 Å². The summed E-state index contributed by atoms with van der Waals surface area (Å²) in [6, 6.07) is 16.8. The van der Waals surface area contributed by atoms with Crippen LogP contribution in [-0.2, 0) is 32.3 Å². The molecule has 0 unspecified atom stereocenters. The minimum absolute atomic E-state index is 0. The SMILES string of the molecule is CCCC[c-]1cccc1.C[c-]1cccc1.[Cl-].[Cl-].[Hf+4]. The summed E-state index contributed by atoms with van der Waals surface area (Å²) in [4.78, 5) is 0. The zero-order valence-corrected chi connectivity index (χ0v) is 16.1. The predicted molar refractivity (Wildman–Crippen MR) is 67.4 cm³/mol. The van der Waals surface area contributed by atoms with Gasteiger partial charge in [0.15, 0.2) is 0 Å². The Morgan fingerprint density at radius 3 is 1.61 bits per heavy atom. The van der Waals surface area contributed by atoms with Crippen LogP contribution in [0.15, 0.2) is 48.5 Å². The fraction of sp³-hybridized carbons (Fsp3) is 0.333. The van der Waals surface area contributed by atoms with E-state index in [1.54, 1.807) is 0 Å². The van der Waals surface area contributed by atoms with Crippen LogP contribution in [0.3, 0.4) is 0 Å². The first kappa shape index (κ1) is 23.3. The molecule has 98 valence electrons. The molecule has 0 aromatic heterocycles. The molecule has 0 fully saturated rings. The molecule has 0 amide bonds. The van der Waals surface area contributed by atoms with E-state index in [4.69, 9.17) is 0 Å². The van der Waals surface area contributed by atoms with Gasteiger partial charge in [0.25, 0.3) is 0 Å². The molecular formula is C15H20Cl2Hf. The Balaban J connectivity index is -0.000000225. The van der Waals surface area contributed by atoms with Crippen LogP contribution < -0.4 is 24.8 Å². The average molecular weight is 450 g/mol. The van der Waals surface area contributed by atoms with Gasteiger partial charge in [0.1, 0.15) is 0 Å².